The molecule has 19 heteroatoms. The lowest BCUT2D eigenvalue weighted by atomic mass is 9.96. The van der Waals surface area contributed by atoms with E-state index >= 15 is 0 Å². The molecule has 1 amide bonds. The summed E-state index contributed by atoms with van der Waals surface area (Å²) >= 11 is 0. The van der Waals surface area contributed by atoms with Crippen molar-refractivity contribution in [3.8, 4) is 0 Å². The lowest BCUT2D eigenvalue weighted by Crippen LogP contribution is -2.66. The van der Waals surface area contributed by atoms with E-state index in [4.69, 9.17) is 28.4 Å². The van der Waals surface area contributed by atoms with E-state index in [1.807, 2.05) is 6.08 Å². The lowest BCUT2D eigenvalue weighted by molar-refractivity contribution is -0.379. The van der Waals surface area contributed by atoms with Gasteiger partial charge in [-0.25, -0.2) is 0 Å². The number of nitrogens with one attached hydrogen (secondary N) is 1. The first-order valence-electron chi connectivity index (χ1n) is 34.1. The summed E-state index contributed by atoms with van der Waals surface area (Å²) in [4.78, 5) is 13.4. The number of hydrogen-bond acceptors (Lipinski definition) is 18. The molecule has 0 aliphatic carbocycles. The highest BCUT2D eigenvalue weighted by molar-refractivity contribution is 5.76. The third-order valence-corrected chi connectivity index (χ3v) is 17.2. The van der Waals surface area contributed by atoms with Gasteiger partial charge in [-0.15, -0.1) is 0 Å². The molecule has 17 atom stereocenters. The summed E-state index contributed by atoms with van der Waals surface area (Å²) in [7, 11) is 0. The highest BCUT2D eigenvalue weighted by Crippen LogP contribution is 2.33. The second-order valence-electron chi connectivity index (χ2n) is 24.6. The van der Waals surface area contributed by atoms with E-state index < -0.39 is 124 Å². The molecule has 17 unspecified atom stereocenters. The maximum Gasteiger partial charge on any atom is 0.220 e. The van der Waals surface area contributed by atoms with Crippen LogP contribution in [0, 0.1) is 0 Å². The molecule has 3 rings (SSSR count). The predicted octanol–water partition coefficient (Wildman–Crippen LogP) is 8.27. The van der Waals surface area contributed by atoms with Crippen LogP contribution in [0.2, 0.25) is 0 Å². The van der Waals surface area contributed by atoms with Gasteiger partial charge in [0.25, 0.3) is 0 Å². The number of unbranched alkanes of at least 4 members (excludes halogenated alkanes) is 34. The van der Waals surface area contributed by atoms with Crippen molar-refractivity contribution in [2.45, 2.75) is 362 Å². The summed E-state index contributed by atoms with van der Waals surface area (Å²) in [6.07, 6.45) is 27.3. The summed E-state index contributed by atoms with van der Waals surface area (Å²) in [5, 5.41) is 120. The largest absolute Gasteiger partial charge is 0.394 e. The third-order valence-electron chi connectivity index (χ3n) is 17.2. The van der Waals surface area contributed by atoms with Crippen molar-refractivity contribution in [2.24, 2.45) is 0 Å². The number of carbonyl (C=O) groups is 1. The molecule has 3 aliphatic rings. The normalized spacial score (nSPS) is 29.1. The van der Waals surface area contributed by atoms with E-state index in [0.717, 1.165) is 44.9 Å². The molecule has 0 spiro atoms. The van der Waals surface area contributed by atoms with E-state index in [9.17, 15) is 61.0 Å². The van der Waals surface area contributed by atoms with Crippen LogP contribution in [0.3, 0.4) is 0 Å². The second kappa shape index (κ2) is 49.0. The highest BCUT2D eigenvalue weighted by Gasteiger charge is 2.53. The van der Waals surface area contributed by atoms with E-state index in [-0.39, 0.29) is 18.9 Å². The zero-order valence-corrected chi connectivity index (χ0v) is 52.6. The first-order valence-corrected chi connectivity index (χ1v) is 34.1. The van der Waals surface area contributed by atoms with Gasteiger partial charge in [-0.1, -0.05) is 231 Å². The molecule has 0 aromatic rings. The Morgan fingerprint density at radius 3 is 1.14 bits per heavy atom. The number of ether oxygens (including phenoxy) is 6. The Kier molecular flexibility index (Phi) is 44.7. The first kappa shape index (κ1) is 77.5. The van der Waals surface area contributed by atoms with Gasteiger partial charge in [0.05, 0.1) is 38.6 Å². The zero-order valence-electron chi connectivity index (χ0n) is 52.6. The van der Waals surface area contributed by atoms with Crippen molar-refractivity contribution in [1.82, 2.24) is 5.32 Å². The van der Waals surface area contributed by atoms with Crippen LogP contribution in [-0.2, 0) is 33.2 Å². The Morgan fingerprint density at radius 2 is 0.741 bits per heavy atom. The van der Waals surface area contributed by atoms with Gasteiger partial charge in [-0.3, -0.25) is 4.79 Å². The molecule has 0 aromatic heterocycles. The van der Waals surface area contributed by atoms with Crippen molar-refractivity contribution in [3.63, 3.8) is 0 Å². The van der Waals surface area contributed by atoms with Gasteiger partial charge < -0.3 is 89.9 Å². The van der Waals surface area contributed by atoms with Crippen LogP contribution >= 0.6 is 0 Å². The second-order valence-corrected chi connectivity index (χ2v) is 24.6. The van der Waals surface area contributed by atoms with Gasteiger partial charge in [-0.05, 0) is 44.9 Å². The smallest absolute Gasteiger partial charge is 0.220 e. The lowest BCUT2D eigenvalue weighted by Gasteiger charge is -2.48. The topological polar surface area (TPSA) is 307 Å². The van der Waals surface area contributed by atoms with E-state index in [0.29, 0.717) is 6.42 Å². The number of carbonyl (C=O) groups excluding carboxylic acids is 1. The van der Waals surface area contributed by atoms with Crippen LogP contribution in [0.4, 0.5) is 0 Å². The number of aliphatic hydroxyl groups is 11. The van der Waals surface area contributed by atoms with Crippen molar-refractivity contribution in [3.05, 3.63) is 24.3 Å². The predicted molar refractivity (Wildman–Crippen MR) is 328 cm³/mol. The van der Waals surface area contributed by atoms with E-state index in [1.165, 1.54) is 186 Å². The quantitative estimate of drug-likeness (QED) is 0.0201. The van der Waals surface area contributed by atoms with Crippen molar-refractivity contribution < 1.29 is 89.4 Å². The molecule has 0 radical (unpaired) electrons. The molecule has 500 valence electrons. The number of rotatable bonds is 52. The fourth-order valence-electron chi connectivity index (χ4n) is 11.7. The van der Waals surface area contributed by atoms with Gasteiger partial charge in [0, 0.05) is 6.42 Å². The zero-order chi connectivity index (χ0) is 61.9. The first-order chi connectivity index (χ1) is 41.3. The molecule has 3 saturated heterocycles. The number of amides is 1. The fraction of sp³-hybridized carbons (Fsp3) is 0.924. The Bertz CT molecular complexity index is 1640. The summed E-state index contributed by atoms with van der Waals surface area (Å²) < 4.78 is 34.3. The minimum atomic E-state index is -1.98. The maximum atomic E-state index is 13.4. The molecule has 0 saturated carbocycles. The molecule has 3 heterocycles. The van der Waals surface area contributed by atoms with E-state index in [2.05, 4.69) is 31.3 Å². The van der Waals surface area contributed by atoms with Crippen LogP contribution in [-0.4, -0.2) is 193 Å². The Hall–Kier alpha value is -1.73. The highest BCUT2D eigenvalue weighted by atomic mass is 16.8. The van der Waals surface area contributed by atoms with Gasteiger partial charge in [0.2, 0.25) is 5.91 Å². The minimum Gasteiger partial charge on any atom is -0.394 e. The number of hydrogen-bond donors (Lipinski definition) is 12. The Morgan fingerprint density at radius 1 is 0.412 bits per heavy atom. The Labute approximate surface area is 511 Å². The van der Waals surface area contributed by atoms with Crippen LogP contribution in [0.1, 0.15) is 258 Å². The summed E-state index contributed by atoms with van der Waals surface area (Å²) in [5.74, 6) is -0.273. The molecule has 3 fully saturated rings. The van der Waals surface area contributed by atoms with Crippen molar-refractivity contribution in [1.29, 1.82) is 0 Å². The molecular formula is C66H123NO18. The molecule has 85 heavy (non-hydrogen) atoms. The van der Waals surface area contributed by atoms with Crippen LogP contribution in [0.5, 0.6) is 0 Å². The molecule has 19 nitrogen and oxygen atoms in total. The van der Waals surface area contributed by atoms with Crippen LogP contribution in [0.15, 0.2) is 24.3 Å². The monoisotopic (exact) mass is 1220 g/mol. The number of aliphatic hydroxyl groups excluding tert-OH is 11. The fourth-order valence-corrected chi connectivity index (χ4v) is 11.7. The summed E-state index contributed by atoms with van der Waals surface area (Å²) in [6.45, 7) is 1.75. The van der Waals surface area contributed by atoms with Gasteiger partial charge in [0.15, 0.2) is 18.9 Å². The summed E-state index contributed by atoms with van der Waals surface area (Å²) in [5.41, 5.74) is 0. The van der Waals surface area contributed by atoms with Gasteiger partial charge >= 0.3 is 0 Å². The SMILES string of the molecule is CCCCCCCCCC/C=C\CCCCCCCCCCCCCCCC(=O)NC(COC1OC(CO)C(OC2OC(CO)C(OC3OC(CO)C(O)C(O)C3O)C(O)C2O)C(O)C1O)C(O)/C=C/CCCCCCCCCCCCCCC. The van der Waals surface area contributed by atoms with E-state index in [1.54, 1.807) is 6.08 Å². The van der Waals surface area contributed by atoms with Gasteiger partial charge in [-0.2, -0.15) is 0 Å². The third kappa shape index (κ3) is 31.7. The molecule has 12 N–H and O–H groups in total. The van der Waals surface area contributed by atoms with Crippen LogP contribution in [0.25, 0.3) is 0 Å². The Balaban J connectivity index is 1.43. The van der Waals surface area contributed by atoms with Crippen LogP contribution < -0.4 is 5.32 Å². The maximum absolute atomic E-state index is 13.4. The van der Waals surface area contributed by atoms with Gasteiger partial charge in [0.1, 0.15) is 73.2 Å². The molecule has 0 bridgehead atoms. The average Bonchev–Trinajstić information content (AvgIpc) is 3.63. The molecule has 0 aromatic carbocycles. The van der Waals surface area contributed by atoms with Crippen molar-refractivity contribution in [2.75, 3.05) is 26.4 Å². The van der Waals surface area contributed by atoms with Crippen molar-refractivity contribution >= 4 is 5.91 Å². The standard InChI is InChI=1S/C66H123NO18/c1-3-5-7-9-11-13-15-17-19-20-21-22-23-24-25-26-27-28-30-32-34-36-38-40-42-44-54(72)67-49(50(71)43-41-39-37-35-33-31-29-18-16-14-12-10-8-6-4-2)48-80-64-60(78)57(75)62(52(46-69)82-64)85-66-61(79)58(76)63(53(47-70)83-66)84-65-59(77)56(74)55(73)51(45-68)81-65/h20-21,41,43,49-53,55-66,68-71,73-79H,3-19,22-40,42,44-48H2,1-2H3,(H,67,72)/b21-20-,43-41+. The minimum absolute atomic E-state index is 0.246. The molecular weight excluding hydrogens is 1090 g/mol. The average molecular weight is 1220 g/mol. The summed E-state index contributed by atoms with van der Waals surface area (Å²) in [6, 6.07) is -0.970. The number of allylic oxidation sites excluding steroid dienone is 3. The molecule has 3 aliphatic heterocycles.